The van der Waals surface area contributed by atoms with Crippen LogP contribution in [-0.2, 0) is 16.3 Å². The summed E-state index contributed by atoms with van der Waals surface area (Å²) in [4.78, 5) is 11.9. The standard InChI is InChI=1S/C14H13N3O2S/c1-20(18,19)12-6-2-5-11-14(12)17-13(16-11)8-10-4-3-7-15-9-10/h2-7,9H,8H2,1H3,(H,16,17). The van der Waals surface area contributed by atoms with Crippen molar-refractivity contribution in [2.75, 3.05) is 6.26 Å². The third-order valence-electron chi connectivity index (χ3n) is 3.02. The Hall–Kier alpha value is -2.21. The van der Waals surface area contributed by atoms with Gasteiger partial charge in [0, 0.05) is 25.1 Å². The van der Waals surface area contributed by atoms with E-state index in [1.54, 1.807) is 24.5 Å². The number of hydrogen-bond acceptors (Lipinski definition) is 4. The van der Waals surface area contributed by atoms with E-state index in [4.69, 9.17) is 0 Å². The lowest BCUT2D eigenvalue weighted by molar-refractivity contribution is 0.602. The van der Waals surface area contributed by atoms with Crippen molar-refractivity contribution in [2.24, 2.45) is 0 Å². The average molecular weight is 287 g/mol. The van der Waals surface area contributed by atoms with Crippen molar-refractivity contribution in [3.8, 4) is 0 Å². The van der Waals surface area contributed by atoms with Gasteiger partial charge in [-0.25, -0.2) is 13.4 Å². The van der Waals surface area contributed by atoms with Crippen LogP contribution in [0, 0.1) is 0 Å². The van der Waals surface area contributed by atoms with Gasteiger partial charge in [0.15, 0.2) is 9.84 Å². The molecule has 2 aromatic heterocycles. The predicted octanol–water partition coefficient (Wildman–Crippen LogP) is 1.95. The molecule has 0 aliphatic carbocycles. The minimum Gasteiger partial charge on any atom is -0.342 e. The van der Waals surface area contributed by atoms with Crippen LogP contribution in [0.25, 0.3) is 11.0 Å². The highest BCUT2D eigenvalue weighted by Gasteiger charge is 2.15. The highest BCUT2D eigenvalue weighted by atomic mass is 32.2. The summed E-state index contributed by atoms with van der Waals surface area (Å²) in [5.41, 5.74) is 2.24. The number of nitrogens with zero attached hydrogens (tertiary/aromatic N) is 2. The zero-order chi connectivity index (χ0) is 14.2. The molecule has 0 saturated heterocycles. The Morgan fingerprint density at radius 1 is 1.20 bits per heavy atom. The van der Waals surface area contributed by atoms with E-state index in [1.807, 2.05) is 18.2 Å². The van der Waals surface area contributed by atoms with E-state index >= 15 is 0 Å². The molecule has 3 rings (SSSR count). The van der Waals surface area contributed by atoms with Crippen LogP contribution in [-0.4, -0.2) is 29.6 Å². The second kappa shape index (κ2) is 4.72. The first-order valence-corrected chi connectivity index (χ1v) is 8.00. The minimum atomic E-state index is -3.28. The van der Waals surface area contributed by atoms with Crippen molar-refractivity contribution in [3.05, 3.63) is 54.1 Å². The quantitative estimate of drug-likeness (QED) is 0.799. The number of rotatable bonds is 3. The summed E-state index contributed by atoms with van der Waals surface area (Å²) in [6, 6.07) is 8.93. The van der Waals surface area contributed by atoms with E-state index in [-0.39, 0.29) is 4.90 Å². The first-order chi connectivity index (χ1) is 9.54. The Balaban J connectivity index is 2.08. The summed E-state index contributed by atoms with van der Waals surface area (Å²) in [6.45, 7) is 0. The Bertz CT molecular complexity index is 855. The monoisotopic (exact) mass is 287 g/mol. The summed E-state index contributed by atoms with van der Waals surface area (Å²) in [6.07, 6.45) is 5.26. The lowest BCUT2D eigenvalue weighted by atomic mass is 10.2. The number of fused-ring (bicyclic) bond motifs is 1. The maximum atomic E-state index is 11.8. The molecule has 0 unspecified atom stereocenters. The molecule has 0 aliphatic rings. The van der Waals surface area contributed by atoms with Crippen LogP contribution in [0.2, 0.25) is 0 Å². The Labute approximate surface area is 116 Å². The first-order valence-electron chi connectivity index (χ1n) is 6.10. The van der Waals surface area contributed by atoms with Crippen LogP contribution in [0.1, 0.15) is 11.4 Å². The van der Waals surface area contributed by atoms with Gasteiger partial charge in [-0.1, -0.05) is 12.1 Å². The van der Waals surface area contributed by atoms with Crippen LogP contribution in [0.4, 0.5) is 0 Å². The molecule has 2 heterocycles. The molecule has 6 heteroatoms. The molecule has 102 valence electrons. The molecule has 5 nitrogen and oxygen atoms in total. The maximum Gasteiger partial charge on any atom is 0.177 e. The topological polar surface area (TPSA) is 75.7 Å². The summed E-state index contributed by atoms with van der Waals surface area (Å²) >= 11 is 0. The number of para-hydroxylation sites is 1. The van der Waals surface area contributed by atoms with Gasteiger partial charge in [-0.3, -0.25) is 4.98 Å². The zero-order valence-electron chi connectivity index (χ0n) is 10.9. The van der Waals surface area contributed by atoms with Crippen LogP contribution in [0.15, 0.2) is 47.6 Å². The average Bonchev–Trinajstić information content (AvgIpc) is 2.80. The number of H-pyrrole nitrogens is 1. The van der Waals surface area contributed by atoms with E-state index in [1.165, 1.54) is 6.26 Å². The molecule has 0 fully saturated rings. The summed E-state index contributed by atoms with van der Waals surface area (Å²) < 4.78 is 23.5. The normalized spacial score (nSPS) is 11.8. The summed E-state index contributed by atoms with van der Waals surface area (Å²) in [5.74, 6) is 0.726. The Morgan fingerprint density at radius 2 is 2.05 bits per heavy atom. The molecule has 20 heavy (non-hydrogen) atoms. The van der Waals surface area contributed by atoms with Crippen molar-refractivity contribution >= 4 is 20.9 Å². The second-order valence-corrected chi connectivity index (χ2v) is 6.63. The molecule has 0 spiro atoms. The third-order valence-corrected chi connectivity index (χ3v) is 4.15. The summed E-state index contributed by atoms with van der Waals surface area (Å²) in [5, 5.41) is 0. The van der Waals surface area contributed by atoms with Crippen molar-refractivity contribution in [1.29, 1.82) is 0 Å². The van der Waals surface area contributed by atoms with Crippen molar-refractivity contribution in [3.63, 3.8) is 0 Å². The molecule has 0 aliphatic heterocycles. The number of pyridine rings is 1. The van der Waals surface area contributed by atoms with E-state index in [9.17, 15) is 8.42 Å². The second-order valence-electron chi connectivity index (χ2n) is 4.65. The van der Waals surface area contributed by atoms with Crippen LogP contribution in [0.5, 0.6) is 0 Å². The fourth-order valence-corrected chi connectivity index (χ4v) is 2.97. The maximum absolute atomic E-state index is 11.8. The largest absolute Gasteiger partial charge is 0.342 e. The fourth-order valence-electron chi connectivity index (χ4n) is 2.14. The van der Waals surface area contributed by atoms with E-state index < -0.39 is 9.84 Å². The number of benzene rings is 1. The zero-order valence-corrected chi connectivity index (χ0v) is 11.7. The number of nitrogens with one attached hydrogen (secondary N) is 1. The van der Waals surface area contributed by atoms with Gasteiger partial charge in [0.2, 0.25) is 0 Å². The van der Waals surface area contributed by atoms with Gasteiger partial charge < -0.3 is 4.98 Å². The van der Waals surface area contributed by atoms with Gasteiger partial charge in [0.1, 0.15) is 11.3 Å². The smallest absolute Gasteiger partial charge is 0.177 e. The lowest BCUT2D eigenvalue weighted by Gasteiger charge is -1.97. The van der Waals surface area contributed by atoms with E-state index in [0.29, 0.717) is 11.9 Å². The molecule has 1 N–H and O–H groups in total. The minimum absolute atomic E-state index is 0.253. The molecule has 1 aromatic carbocycles. The number of imidazole rings is 1. The molecular weight excluding hydrogens is 274 g/mol. The predicted molar refractivity (Wildman–Crippen MR) is 76.2 cm³/mol. The lowest BCUT2D eigenvalue weighted by Crippen LogP contribution is -1.98. The number of sulfone groups is 1. The molecule has 0 bridgehead atoms. The SMILES string of the molecule is CS(=O)(=O)c1cccc2[nH]c(Cc3cccnc3)nc12. The summed E-state index contributed by atoms with van der Waals surface area (Å²) in [7, 11) is -3.28. The van der Waals surface area contributed by atoms with Crippen molar-refractivity contribution in [1.82, 2.24) is 15.0 Å². The van der Waals surface area contributed by atoms with Gasteiger partial charge in [-0.15, -0.1) is 0 Å². The highest BCUT2D eigenvalue weighted by molar-refractivity contribution is 7.91. The fraction of sp³-hybridized carbons (Fsp3) is 0.143. The molecule has 0 amide bonds. The molecule has 0 atom stereocenters. The first kappa shape index (κ1) is 12.8. The van der Waals surface area contributed by atoms with Gasteiger partial charge in [0.25, 0.3) is 0 Å². The van der Waals surface area contributed by atoms with Crippen molar-refractivity contribution in [2.45, 2.75) is 11.3 Å². The number of hydrogen-bond donors (Lipinski definition) is 1. The number of aromatic amines is 1. The Morgan fingerprint density at radius 3 is 2.75 bits per heavy atom. The van der Waals surface area contributed by atoms with Gasteiger partial charge >= 0.3 is 0 Å². The van der Waals surface area contributed by atoms with E-state index in [0.717, 1.165) is 16.9 Å². The third kappa shape index (κ3) is 2.42. The molecule has 3 aromatic rings. The van der Waals surface area contributed by atoms with Gasteiger partial charge in [-0.05, 0) is 23.8 Å². The van der Waals surface area contributed by atoms with Crippen LogP contribution < -0.4 is 0 Å². The highest BCUT2D eigenvalue weighted by Crippen LogP contribution is 2.21. The van der Waals surface area contributed by atoms with Crippen LogP contribution in [0.3, 0.4) is 0 Å². The van der Waals surface area contributed by atoms with Gasteiger partial charge in [0.05, 0.1) is 10.4 Å². The van der Waals surface area contributed by atoms with Crippen molar-refractivity contribution < 1.29 is 8.42 Å². The molecular formula is C14H13N3O2S. The van der Waals surface area contributed by atoms with E-state index in [2.05, 4.69) is 15.0 Å². The molecule has 0 radical (unpaired) electrons. The molecule has 0 saturated carbocycles. The van der Waals surface area contributed by atoms with Crippen LogP contribution >= 0.6 is 0 Å². The van der Waals surface area contributed by atoms with Gasteiger partial charge in [-0.2, -0.15) is 0 Å². The number of aromatic nitrogens is 3. The Kier molecular flexibility index (Phi) is 3.02.